The van der Waals surface area contributed by atoms with Crippen molar-refractivity contribution in [3.05, 3.63) is 42.3 Å². The van der Waals surface area contributed by atoms with Crippen LogP contribution in [0.5, 0.6) is 0 Å². The Balaban J connectivity index is 2.36. The first-order chi connectivity index (χ1) is 6.40. The Bertz CT molecular complexity index is 383. The maximum Gasteiger partial charge on any atom is 0.226 e. The fourth-order valence-electron chi connectivity index (χ4n) is 1.08. The van der Waals surface area contributed by atoms with Crippen LogP contribution < -0.4 is 0 Å². The molecule has 0 radical (unpaired) electrons. The van der Waals surface area contributed by atoms with E-state index < -0.39 is 6.67 Å². The standard InChI is InChI=1S/C10H8FNO/c11-6-9-7-12-10(13-9)8-4-2-1-3-5-8/h1-5,7H,6H2. The minimum atomic E-state index is -0.611. The van der Waals surface area contributed by atoms with Gasteiger partial charge in [0.1, 0.15) is 6.67 Å². The Hall–Kier alpha value is -1.64. The molecule has 0 unspecified atom stereocenters. The molecule has 66 valence electrons. The van der Waals surface area contributed by atoms with Crippen molar-refractivity contribution in [2.45, 2.75) is 6.67 Å². The first-order valence-electron chi connectivity index (χ1n) is 3.96. The van der Waals surface area contributed by atoms with Gasteiger partial charge in [-0.25, -0.2) is 9.37 Å². The third kappa shape index (κ3) is 1.59. The number of hydrogen-bond donors (Lipinski definition) is 0. The largest absolute Gasteiger partial charge is 0.438 e. The molecule has 0 aliphatic heterocycles. The highest BCUT2D eigenvalue weighted by atomic mass is 19.1. The molecule has 0 spiro atoms. The third-order valence-corrected chi connectivity index (χ3v) is 1.71. The van der Waals surface area contributed by atoms with E-state index in [4.69, 9.17) is 4.42 Å². The molecule has 1 aromatic heterocycles. The lowest BCUT2D eigenvalue weighted by Gasteiger charge is -1.92. The molecular weight excluding hydrogens is 169 g/mol. The third-order valence-electron chi connectivity index (χ3n) is 1.71. The quantitative estimate of drug-likeness (QED) is 0.704. The van der Waals surface area contributed by atoms with Gasteiger partial charge >= 0.3 is 0 Å². The molecule has 2 aromatic rings. The number of halogens is 1. The second-order valence-corrected chi connectivity index (χ2v) is 2.63. The summed E-state index contributed by atoms with van der Waals surface area (Å²) in [5, 5.41) is 0. The number of aromatic nitrogens is 1. The highest BCUT2D eigenvalue weighted by Gasteiger charge is 2.04. The second-order valence-electron chi connectivity index (χ2n) is 2.63. The molecule has 2 nitrogen and oxygen atoms in total. The Morgan fingerprint density at radius 3 is 2.62 bits per heavy atom. The van der Waals surface area contributed by atoms with Gasteiger partial charge in [-0.2, -0.15) is 0 Å². The Morgan fingerprint density at radius 2 is 2.00 bits per heavy atom. The Labute approximate surface area is 75.0 Å². The molecule has 0 fully saturated rings. The van der Waals surface area contributed by atoms with Gasteiger partial charge in [-0.1, -0.05) is 18.2 Å². The predicted octanol–water partition coefficient (Wildman–Crippen LogP) is 2.81. The van der Waals surface area contributed by atoms with Crippen molar-refractivity contribution < 1.29 is 8.81 Å². The summed E-state index contributed by atoms with van der Waals surface area (Å²) >= 11 is 0. The zero-order chi connectivity index (χ0) is 9.10. The maximum atomic E-state index is 12.1. The van der Waals surface area contributed by atoms with Crippen LogP contribution in [0.25, 0.3) is 11.5 Å². The van der Waals surface area contributed by atoms with Crippen LogP contribution in [-0.2, 0) is 6.67 Å². The Kier molecular flexibility index (Phi) is 2.08. The minimum Gasteiger partial charge on any atom is -0.438 e. The number of nitrogens with zero attached hydrogens (tertiary/aromatic N) is 1. The van der Waals surface area contributed by atoms with E-state index in [1.165, 1.54) is 6.20 Å². The fourth-order valence-corrected chi connectivity index (χ4v) is 1.08. The van der Waals surface area contributed by atoms with E-state index in [1.807, 2.05) is 30.3 Å². The van der Waals surface area contributed by atoms with Gasteiger partial charge in [-0.3, -0.25) is 0 Å². The van der Waals surface area contributed by atoms with E-state index in [0.29, 0.717) is 5.89 Å². The zero-order valence-electron chi connectivity index (χ0n) is 6.90. The van der Waals surface area contributed by atoms with Gasteiger partial charge in [0, 0.05) is 5.56 Å². The van der Waals surface area contributed by atoms with Gasteiger partial charge in [0.2, 0.25) is 5.89 Å². The van der Waals surface area contributed by atoms with E-state index in [1.54, 1.807) is 0 Å². The van der Waals surface area contributed by atoms with Gasteiger partial charge in [0.15, 0.2) is 5.76 Å². The van der Waals surface area contributed by atoms with Crippen LogP contribution >= 0.6 is 0 Å². The summed E-state index contributed by atoms with van der Waals surface area (Å²) in [4.78, 5) is 3.95. The van der Waals surface area contributed by atoms with Crippen LogP contribution in [0.1, 0.15) is 5.76 Å². The monoisotopic (exact) mass is 177 g/mol. The molecule has 1 heterocycles. The van der Waals surface area contributed by atoms with E-state index in [2.05, 4.69) is 4.98 Å². The number of oxazole rings is 1. The van der Waals surface area contributed by atoms with Crippen molar-refractivity contribution in [3.63, 3.8) is 0 Å². The van der Waals surface area contributed by atoms with E-state index in [0.717, 1.165) is 5.56 Å². The summed E-state index contributed by atoms with van der Waals surface area (Å²) in [5.41, 5.74) is 0.863. The van der Waals surface area contributed by atoms with Crippen molar-refractivity contribution in [3.8, 4) is 11.5 Å². The molecule has 0 amide bonds. The second kappa shape index (κ2) is 3.39. The lowest BCUT2D eigenvalue weighted by Crippen LogP contribution is -1.73. The molecule has 0 bridgehead atoms. The molecule has 3 heteroatoms. The normalized spacial score (nSPS) is 10.2. The smallest absolute Gasteiger partial charge is 0.226 e. The van der Waals surface area contributed by atoms with E-state index in [9.17, 15) is 4.39 Å². The fraction of sp³-hybridized carbons (Fsp3) is 0.100. The number of benzene rings is 1. The van der Waals surface area contributed by atoms with Gasteiger partial charge in [0.05, 0.1) is 6.20 Å². The SMILES string of the molecule is FCc1cnc(-c2ccccc2)o1. The van der Waals surface area contributed by atoms with Crippen LogP contribution in [-0.4, -0.2) is 4.98 Å². The molecule has 0 saturated heterocycles. The predicted molar refractivity (Wildman–Crippen MR) is 46.8 cm³/mol. The van der Waals surface area contributed by atoms with Crippen molar-refractivity contribution in [1.82, 2.24) is 4.98 Å². The zero-order valence-corrected chi connectivity index (χ0v) is 6.90. The molecule has 13 heavy (non-hydrogen) atoms. The molecule has 0 atom stereocenters. The summed E-state index contributed by atoms with van der Waals surface area (Å²) in [6, 6.07) is 9.41. The van der Waals surface area contributed by atoms with Crippen molar-refractivity contribution in [2.75, 3.05) is 0 Å². The van der Waals surface area contributed by atoms with Crippen molar-refractivity contribution in [2.24, 2.45) is 0 Å². The van der Waals surface area contributed by atoms with E-state index in [-0.39, 0.29) is 5.76 Å². The van der Waals surface area contributed by atoms with Crippen LogP contribution in [0, 0.1) is 0 Å². The van der Waals surface area contributed by atoms with Gasteiger partial charge < -0.3 is 4.42 Å². The molecule has 0 N–H and O–H groups in total. The molecule has 0 saturated carbocycles. The Morgan fingerprint density at radius 1 is 1.23 bits per heavy atom. The molecule has 1 aromatic carbocycles. The van der Waals surface area contributed by atoms with Gasteiger partial charge in [0.25, 0.3) is 0 Å². The van der Waals surface area contributed by atoms with Crippen LogP contribution in [0.3, 0.4) is 0 Å². The van der Waals surface area contributed by atoms with Crippen molar-refractivity contribution in [1.29, 1.82) is 0 Å². The molecule has 0 aliphatic carbocycles. The average Bonchev–Trinajstić information content (AvgIpc) is 2.67. The topological polar surface area (TPSA) is 26.0 Å². The van der Waals surface area contributed by atoms with Crippen LogP contribution in [0.15, 0.2) is 40.9 Å². The summed E-state index contributed by atoms with van der Waals surface area (Å²) in [6.45, 7) is -0.611. The highest BCUT2D eigenvalue weighted by Crippen LogP contribution is 2.18. The van der Waals surface area contributed by atoms with Crippen molar-refractivity contribution >= 4 is 0 Å². The number of hydrogen-bond acceptors (Lipinski definition) is 2. The summed E-state index contributed by atoms with van der Waals surface area (Å²) in [7, 11) is 0. The summed E-state index contributed by atoms with van der Waals surface area (Å²) in [5.74, 6) is 0.729. The first-order valence-corrected chi connectivity index (χ1v) is 3.96. The van der Waals surface area contributed by atoms with Crippen LogP contribution in [0.2, 0.25) is 0 Å². The minimum absolute atomic E-state index is 0.263. The summed E-state index contributed by atoms with van der Waals surface area (Å²) in [6.07, 6.45) is 1.41. The lowest BCUT2D eigenvalue weighted by atomic mass is 10.2. The summed E-state index contributed by atoms with van der Waals surface area (Å²) < 4.78 is 17.3. The van der Waals surface area contributed by atoms with Crippen LogP contribution in [0.4, 0.5) is 4.39 Å². The van der Waals surface area contributed by atoms with Gasteiger partial charge in [-0.05, 0) is 12.1 Å². The van der Waals surface area contributed by atoms with E-state index >= 15 is 0 Å². The number of rotatable bonds is 2. The highest BCUT2D eigenvalue weighted by molar-refractivity contribution is 5.52. The van der Waals surface area contributed by atoms with Gasteiger partial charge in [-0.15, -0.1) is 0 Å². The lowest BCUT2D eigenvalue weighted by molar-refractivity contribution is 0.398. The first kappa shape index (κ1) is 7.98. The maximum absolute atomic E-state index is 12.1. The average molecular weight is 177 g/mol. The molecule has 2 rings (SSSR count). The number of alkyl halides is 1. The molecular formula is C10H8FNO. The molecule has 0 aliphatic rings.